The number of esters is 1. The second kappa shape index (κ2) is 8.83. The lowest BCUT2D eigenvalue weighted by Gasteiger charge is -2.14. The highest BCUT2D eigenvalue weighted by molar-refractivity contribution is 6.45. The van der Waals surface area contributed by atoms with Crippen LogP contribution in [-0.2, 0) is 19.1 Å². The van der Waals surface area contributed by atoms with Gasteiger partial charge in [-0.2, -0.15) is 5.23 Å². The average Bonchev–Trinajstić information content (AvgIpc) is 2.75. The Kier molecular flexibility index (Phi) is 6.20. The number of anilines is 1. The number of methoxy groups -OCH3 is 1. The number of Topliss-reactive ketones (excluding diaryl/α,β-unsaturated/α-hetero) is 1. The quantitative estimate of drug-likeness (QED) is 0.186. The molecule has 0 aliphatic rings. The predicted molar refractivity (Wildman–Crippen MR) is 108 cm³/mol. The van der Waals surface area contributed by atoms with Crippen LogP contribution in [0.1, 0.15) is 17.2 Å². The van der Waals surface area contributed by atoms with Crippen molar-refractivity contribution in [2.45, 2.75) is 12.8 Å². The number of fused-ring (bicyclic) bond motifs is 1. The molecule has 2 aromatic carbocycles. The molecule has 2 atom stereocenters. The van der Waals surface area contributed by atoms with Gasteiger partial charge in [-0.05, 0) is 25.1 Å². The smallest absolute Gasteiger partial charge is 0.323 e. The van der Waals surface area contributed by atoms with Gasteiger partial charge in [0.05, 0.1) is 18.1 Å². The lowest BCUT2D eigenvalue weighted by molar-refractivity contribution is -0.991. The molecule has 0 saturated heterocycles. The first-order chi connectivity index (χ1) is 14.7. The van der Waals surface area contributed by atoms with Gasteiger partial charge in [-0.15, -0.1) is 0 Å². The molecule has 0 bridgehead atoms. The highest BCUT2D eigenvalue weighted by atomic mass is 16.8. The van der Waals surface area contributed by atoms with Crippen molar-refractivity contribution in [1.29, 1.82) is 0 Å². The average molecular weight is 426 g/mol. The molecule has 1 aromatic heterocycles. The summed E-state index contributed by atoms with van der Waals surface area (Å²) in [6.07, 6.45) is 0. The maximum Gasteiger partial charge on any atom is 0.323 e. The van der Waals surface area contributed by atoms with Crippen LogP contribution in [0.3, 0.4) is 0 Å². The van der Waals surface area contributed by atoms with Crippen LogP contribution < -0.4 is 16.1 Å². The number of H-pyrrole nitrogens is 1. The van der Waals surface area contributed by atoms with Crippen LogP contribution in [0.25, 0.3) is 11.0 Å². The Hall–Kier alpha value is -3.93. The van der Waals surface area contributed by atoms with E-state index in [1.807, 2.05) is 6.92 Å². The lowest BCUT2D eigenvalue weighted by atomic mass is 9.99. The lowest BCUT2D eigenvalue weighted by Crippen LogP contribution is -2.99. The molecule has 0 aliphatic carbocycles. The molecule has 1 amide bonds. The van der Waals surface area contributed by atoms with Crippen molar-refractivity contribution in [3.63, 3.8) is 0 Å². The molecule has 31 heavy (non-hydrogen) atoms. The number of nitrogens with one attached hydrogen (secondary N) is 3. The van der Waals surface area contributed by atoms with Crippen LogP contribution in [0.4, 0.5) is 11.4 Å². The minimum Gasteiger partial charge on any atom is -0.595 e. The fourth-order valence-corrected chi connectivity index (χ4v) is 2.85. The number of nitrogens with zero attached hydrogens (tertiary/aromatic N) is 1. The number of ether oxygens (including phenoxy) is 1. The van der Waals surface area contributed by atoms with E-state index >= 15 is 0 Å². The molecule has 0 saturated carbocycles. The van der Waals surface area contributed by atoms with Crippen LogP contribution in [0.2, 0.25) is 0 Å². The zero-order valence-electron chi connectivity index (χ0n) is 16.5. The Morgan fingerprint density at radius 3 is 2.48 bits per heavy atom. The van der Waals surface area contributed by atoms with E-state index in [2.05, 4.69) is 20.0 Å². The highest BCUT2D eigenvalue weighted by Crippen LogP contribution is 2.19. The van der Waals surface area contributed by atoms with Crippen molar-refractivity contribution in [3.05, 3.63) is 69.3 Å². The molecule has 160 valence electrons. The summed E-state index contributed by atoms with van der Waals surface area (Å²) >= 11 is 0. The Morgan fingerprint density at radius 1 is 1.19 bits per heavy atom. The SMILES string of the molecule is COC(=O)C(C(=O)C(=O)Nc1ccc(C)cc1)c1nc2ccc([NH+]([O-])O)cc2[nH]c1=O. The summed E-state index contributed by atoms with van der Waals surface area (Å²) in [6, 6.07) is 10.3. The zero-order chi connectivity index (χ0) is 22.7. The summed E-state index contributed by atoms with van der Waals surface area (Å²) in [7, 11) is 1.01. The molecule has 3 rings (SSSR count). The molecule has 0 aliphatic heterocycles. The molecule has 0 fully saturated rings. The number of ketones is 1. The highest BCUT2D eigenvalue weighted by Gasteiger charge is 2.37. The molecule has 11 heteroatoms. The Bertz CT molecular complexity index is 1220. The molecule has 11 nitrogen and oxygen atoms in total. The summed E-state index contributed by atoms with van der Waals surface area (Å²) in [5, 5.41) is 21.3. The molecule has 3 aromatic rings. The number of aryl methyl sites for hydroxylation is 1. The van der Waals surface area contributed by atoms with Gasteiger partial charge in [0.1, 0.15) is 5.69 Å². The number of rotatable bonds is 6. The normalized spacial score (nSPS) is 12.8. The van der Waals surface area contributed by atoms with Crippen molar-refractivity contribution >= 4 is 40.1 Å². The molecular formula is C20H18N4O7. The summed E-state index contributed by atoms with van der Waals surface area (Å²) < 4.78 is 4.61. The van der Waals surface area contributed by atoms with Gasteiger partial charge in [0, 0.05) is 17.8 Å². The maximum absolute atomic E-state index is 12.8. The van der Waals surface area contributed by atoms with Crippen LogP contribution in [0, 0.1) is 12.1 Å². The van der Waals surface area contributed by atoms with E-state index in [1.54, 1.807) is 24.3 Å². The summed E-state index contributed by atoms with van der Waals surface area (Å²) in [5.41, 5.74) is -0.0675. The Labute approximate surface area is 174 Å². The summed E-state index contributed by atoms with van der Waals surface area (Å²) in [6.45, 7) is 1.85. The van der Waals surface area contributed by atoms with Gasteiger partial charge in [0.2, 0.25) is 5.78 Å². The fraction of sp³-hybridized carbons (Fsp3) is 0.150. The summed E-state index contributed by atoms with van der Waals surface area (Å²) in [4.78, 5) is 56.5. The number of amides is 1. The molecule has 0 radical (unpaired) electrons. The number of carbonyl (C=O) groups excluding carboxylic acids is 3. The Balaban J connectivity index is 1.99. The van der Waals surface area contributed by atoms with Crippen molar-refractivity contribution in [2.24, 2.45) is 0 Å². The van der Waals surface area contributed by atoms with Gasteiger partial charge in [-0.1, -0.05) is 17.7 Å². The van der Waals surface area contributed by atoms with E-state index in [9.17, 15) is 24.4 Å². The number of hydrogen-bond donors (Lipinski definition) is 4. The third-order valence-corrected chi connectivity index (χ3v) is 4.47. The van der Waals surface area contributed by atoms with Crippen molar-refractivity contribution in [2.75, 3.05) is 12.4 Å². The van der Waals surface area contributed by atoms with E-state index in [0.29, 0.717) is 5.69 Å². The van der Waals surface area contributed by atoms with Gasteiger partial charge >= 0.3 is 5.97 Å². The second-order valence-electron chi connectivity index (χ2n) is 6.63. The third kappa shape index (κ3) is 4.64. The van der Waals surface area contributed by atoms with Crippen LogP contribution in [-0.4, -0.2) is 39.9 Å². The topological polar surface area (TPSA) is 166 Å². The fourth-order valence-electron chi connectivity index (χ4n) is 2.85. The number of aromatic amines is 1. The van der Waals surface area contributed by atoms with E-state index < -0.39 is 40.1 Å². The van der Waals surface area contributed by atoms with E-state index in [-0.39, 0.29) is 16.7 Å². The van der Waals surface area contributed by atoms with Crippen molar-refractivity contribution in [3.8, 4) is 0 Å². The van der Waals surface area contributed by atoms with Gasteiger partial charge in [0.15, 0.2) is 11.6 Å². The summed E-state index contributed by atoms with van der Waals surface area (Å²) in [5.74, 6) is -5.39. The predicted octanol–water partition coefficient (Wildman–Crippen LogP) is 0.0993. The van der Waals surface area contributed by atoms with Gasteiger partial charge in [0.25, 0.3) is 11.5 Å². The third-order valence-electron chi connectivity index (χ3n) is 4.47. The zero-order valence-corrected chi connectivity index (χ0v) is 16.5. The van der Waals surface area contributed by atoms with Crippen LogP contribution >= 0.6 is 0 Å². The Morgan fingerprint density at radius 2 is 1.87 bits per heavy atom. The number of hydrogen-bond acceptors (Lipinski definition) is 8. The molecule has 2 unspecified atom stereocenters. The number of carbonyl (C=O) groups is 3. The maximum atomic E-state index is 12.8. The van der Waals surface area contributed by atoms with Crippen LogP contribution in [0.5, 0.6) is 0 Å². The van der Waals surface area contributed by atoms with Crippen molar-refractivity contribution < 1.29 is 29.6 Å². The van der Waals surface area contributed by atoms with E-state index in [4.69, 9.17) is 5.21 Å². The first-order valence-corrected chi connectivity index (χ1v) is 8.98. The van der Waals surface area contributed by atoms with Crippen molar-refractivity contribution in [1.82, 2.24) is 9.97 Å². The van der Waals surface area contributed by atoms with E-state index in [0.717, 1.165) is 12.7 Å². The van der Waals surface area contributed by atoms with Gasteiger partial charge in [-0.25, -0.2) is 10.2 Å². The van der Waals surface area contributed by atoms with E-state index in [1.165, 1.54) is 18.2 Å². The largest absolute Gasteiger partial charge is 0.595 e. The number of aromatic nitrogens is 2. The van der Waals surface area contributed by atoms with Gasteiger partial charge in [-0.3, -0.25) is 19.2 Å². The number of benzene rings is 2. The first kappa shape index (κ1) is 21.8. The molecular weight excluding hydrogens is 408 g/mol. The molecule has 1 heterocycles. The standard InChI is InChI=1S/C20H18N4O7/c1-10-3-5-11(6-4-10)21-19(27)17(25)15(20(28)31-2)16-18(26)23-14-9-12(24(29)30)7-8-13(14)22-16/h3-9,15,24,29H,1-2H3,(H,21,27)(H,23,26). The molecule has 4 N–H and O–H groups in total. The minimum atomic E-state index is -1.90. The molecule has 0 spiro atoms. The second-order valence-corrected chi connectivity index (χ2v) is 6.63. The van der Waals surface area contributed by atoms with Crippen LogP contribution in [0.15, 0.2) is 47.3 Å². The first-order valence-electron chi connectivity index (χ1n) is 8.98. The van der Waals surface area contributed by atoms with Gasteiger partial charge < -0.3 is 20.2 Å². The monoisotopic (exact) mass is 426 g/mol. The minimum absolute atomic E-state index is 0.0873. The number of quaternary nitrogens is 1.